The molecule has 2 aromatic rings. The molecule has 0 atom stereocenters. The maximum absolute atomic E-state index is 7.38. The first-order chi connectivity index (χ1) is 9.56. The Hall–Kier alpha value is -2.36. The summed E-state index contributed by atoms with van der Waals surface area (Å²) in [6.07, 6.45) is 1.64. The van der Waals surface area contributed by atoms with Gasteiger partial charge in [0.25, 0.3) is 0 Å². The number of rotatable bonds is 5. The predicted octanol–water partition coefficient (Wildman–Crippen LogP) is 3.07. The highest BCUT2D eigenvalue weighted by Crippen LogP contribution is 2.20. The van der Waals surface area contributed by atoms with Crippen LogP contribution in [0.2, 0.25) is 0 Å². The third-order valence-corrected chi connectivity index (χ3v) is 3.03. The largest absolute Gasteiger partial charge is 0.489 e. The zero-order valence-corrected chi connectivity index (χ0v) is 11.8. The van der Waals surface area contributed by atoms with Gasteiger partial charge in [0, 0.05) is 6.20 Å². The molecule has 1 aromatic carbocycles. The molecule has 0 aliphatic rings. The summed E-state index contributed by atoms with van der Waals surface area (Å²) in [6, 6.07) is 11.7. The van der Waals surface area contributed by atoms with Gasteiger partial charge in [-0.05, 0) is 41.3 Å². The molecule has 0 saturated carbocycles. The molecule has 2 rings (SSSR count). The van der Waals surface area contributed by atoms with E-state index in [0.717, 1.165) is 11.3 Å². The van der Waals surface area contributed by atoms with Crippen LogP contribution in [-0.2, 0) is 6.61 Å². The molecule has 1 heterocycles. The van der Waals surface area contributed by atoms with Crippen molar-refractivity contribution in [2.75, 3.05) is 0 Å². The Morgan fingerprint density at radius 2 is 2.10 bits per heavy atom. The summed E-state index contributed by atoms with van der Waals surface area (Å²) in [5.41, 5.74) is 8.09. The first kappa shape index (κ1) is 14.1. The molecule has 20 heavy (non-hydrogen) atoms. The van der Waals surface area contributed by atoms with Gasteiger partial charge in [-0.2, -0.15) is 0 Å². The Morgan fingerprint density at radius 3 is 2.80 bits per heavy atom. The van der Waals surface area contributed by atoms with Gasteiger partial charge in [-0.15, -0.1) is 0 Å². The lowest BCUT2D eigenvalue weighted by Crippen LogP contribution is -2.13. The van der Waals surface area contributed by atoms with Crippen molar-refractivity contribution in [3.8, 4) is 5.75 Å². The summed E-state index contributed by atoms with van der Waals surface area (Å²) in [6.45, 7) is 4.74. The highest BCUT2D eigenvalue weighted by Gasteiger charge is 2.03. The average Bonchev–Trinajstić information content (AvgIpc) is 2.45. The smallest absolute Gasteiger partial charge is 0.141 e. The summed E-state index contributed by atoms with van der Waals surface area (Å²) in [5.74, 6) is 1.29. The van der Waals surface area contributed by atoms with E-state index in [-0.39, 0.29) is 5.84 Å². The molecule has 0 fully saturated rings. The molecule has 4 heteroatoms. The minimum Gasteiger partial charge on any atom is -0.489 e. The fourth-order valence-corrected chi connectivity index (χ4v) is 1.84. The van der Waals surface area contributed by atoms with Gasteiger partial charge in [0.1, 0.15) is 23.9 Å². The van der Waals surface area contributed by atoms with E-state index >= 15 is 0 Å². The van der Waals surface area contributed by atoms with E-state index in [1.165, 1.54) is 5.56 Å². The van der Waals surface area contributed by atoms with E-state index in [9.17, 15) is 0 Å². The van der Waals surface area contributed by atoms with Crippen molar-refractivity contribution in [1.82, 2.24) is 4.98 Å². The first-order valence-corrected chi connectivity index (χ1v) is 6.58. The van der Waals surface area contributed by atoms with Crippen LogP contribution in [-0.4, -0.2) is 10.8 Å². The van der Waals surface area contributed by atoms with Crippen LogP contribution in [0.15, 0.2) is 42.6 Å². The third-order valence-electron chi connectivity index (χ3n) is 3.03. The Bertz CT molecular complexity index is 608. The van der Waals surface area contributed by atoms with Crippen LogP contribution < -0.4 is 10.5 Å². The minimum absolute atomic E-state index is 0.0337. The number of hydrogen-bond donors (Lipinski definition) is 2. The SMILES string of the molecule is CC(C)c1cccc(OCc2ccnc(C(=N)N)c2)c1. The van der Waals surface area contributed by atoms with Crippen molar-refractivity contribution >= 4 is 5.84 Å². The van der Waals surface area contributed by atoms with Crippen molar-refractivity contribution < 1.29 is 4.74 Å². The monoisotopic (exact) mass is 269 g/mol. The standard InChI is InChI=1S/C16H19N3O/c1-11(2)13-4-3-5-14(9-13)20-10-12-6-7-19-15(8-12)16(17)18/h3-9,11H,10H2,1-2H3,(H3,17,18). The van der Waals surface area contributed by atoms with E-state index in [2.05, 4.69) is 31.0 Å². The Balaban J connectivity index is 2.07. The van der Waals surface area contributed by atoms with Gasteiger partial charge in [-0.3, -0.25) is 10.4 Å². The second-order valence-corrected chi connectivity index (χ2v) is 4.98. The second kappa shape index (κ2) is 6.19. The molecule has 3 N–H and O–H groups in total. The fraction of sp³-hybridized carbons (Fsp3) is 0.250. The summed E-state index contributed by atoms with van der Waals surface area (Å²) >= 11 is 0. The van der Waals surface area contributed by atoms with Gasteiger partial charge >= 0.3 is 0 Å². The Labute approximate surface area is 119 Å². The topological polar surface area (TPSA) is 72.0 Å². The van der Waals surface area contributed by atoms with Crippen LogP contribution in [0.5, 0.6) is 5.75 Å². The molecule has 0 unspecified atom stereocenters. The molecule has 0 saturated heterocycles. The van der Waals surface area contributed by atoms with Crippen LogP contribution in [0.1, 0.15) is 36.6 Å². The number of nitrogens with one attached hydrogen (secondary N) is 1. The molecule has 0 bridgehead atoms. The normalized spacial score (nSPS) is 10.6. The number of nitrogens with zero attached hydrogens (tertiary/aromatic N) is 1. The van der Waals surface area contributed by atoms with Crippen molar-refractivity contribution in [1.29, 1.82) is 5.41 Å². The number of hydrogen-bond acceptors (Lipinski definition) is 3. The number of ether oxygens (including phenoxy) is 1. The van der Waals surface area contributed by atoms with Gasteiger partial charge in [0.05, 0.1) is 0 Å². The van der Waals surface area contributed by atoms with Gasteiger partial charge in [0.2, 0.25) is 0 Å². The molecule has 0 radical (unpaired) electrons. The molecule has 4 nitrogen and oxygen atoms in total. The molecule has 0 aliphatic carbocycles. The predicted molar refractivity (Wildman–Crippen MR) is 80.1 cm³/mol. The molecule has 104 valence electrons. The zero-order valence-electron chi connectivity index (χ0n) is 11.8. The average molecular weight is 269 g/mol. The molecule has 0 aliphatic heterocycles. The van der Waals surface area contributed by atoms with E-state index < -0.39 is 0 Å². The lowest BCUT2D eigenvalue weighted by Gasteiger charge is -2.10. The minimum atomic E-state index is -0.0337. The summed E-state index contributed by atoms with van der Waals surface area (Å²) in [4.78, 5) is 4.03. The molecule has 1 aromatic heterocycles. The van der Waals surface area contributed by atoms with E-state index in [1.807, 2.05) is 18.2 Å². The van der Waals surface area contributed by atoms with Crippen molar-refractivity contribution in [2.24, 2.45) is 5.73 Å². The zero-order chi connectivity index (χ0) is 14.5. The number of pyridine rings is 1. The van der Waals surface area contributed by atoms with Crippen molar-refractivity contribution in [3.05, 3.63) is 59.4 Å². The van der Waals surface area contributed by atoms with E-state index in [4.69, 9.17) is 15.9 Å². The van der Waals surface area contributed by atoms with Gasteiger partial charge in [-0.1, -0.05) is 26.0 Å². The number of nitrogens with two attached hydrogens (primary N) is 1. The quantitative estimate of drug-likeness (QED) is 0.647. The van der Waals surface area contributed by atoms with Crippen LogP contribution in [0.3, 0.4) is 0 Å². The number of nitrogen functional groups attached to an aromatic ring is 1. The molecule has 0 spiro atoms. The molecular weight excluding hydrogens is 250 g/mol. The lowest BCUT2D eigenvalue weighted by molar-refractivity contribution is 0.305. The summed E-state index contributed by atoms with van der Waals surface area (Å²) < 4.78 is 5.78. The van der Waals surface area contributed by atoms with Crippen LogP contribution in [0.25, 0.3) is 0 Å². The second-order valence-electron chi connectivity index (χ2n) is 4.98. The number of aromatic nitrogens is 1. The summed E-state index contributed by atoms with van der Waals surface area (Å²) in [5, 5.41) is 7.38. The van der Waals surface area contributed by atoms with Crippen LogP contribution in [0, 0.1) is 5.41 Å². The molecular formula is C16H19N3O. The van der Waals surface area contributed by atoms with Crippen LogP contribution in [0.4, 0.5) is 0 Å². The van der Waals surface area contributed by atoms with Gasteiger partial charge in [0.15, 0.2) is 0 Å². The van der Waals surface area contributed by atoms with E-state index in [1.54, 1.807) is 12.3 Å². The highest BCUT2D eigenvalue weighted by molar-refractivity contribution is 5.93. The number of benzene rings is 1. The number of amidine groups is 1. The Kier molecular flexibility index (Phi) is 4.35. The lowest BCUT2D eigenvalue weighted by atomic mass is 10.0. The fourth-order valence-electron chi connectivity index (χ4n) is 1.84. The molecule has 0 amide bonds. The van der Waals surface area contributed by atoms with Crippen LogP contribution >= 0.6 is 0 Å². The first-order valence-electron chi connectivity index (χ1n) is 6.58. The third kappa shape index (κ3) is 3.57. The maximum atomic E-state index is 7.38. The maximum Gasteiger partial charge on any atom is 0.141 e. The van der Waals surface area contributed by atoms with Gasteiger partial charge < -0.3 is 10.5 Å². The van der Waals surface area contributed by atoms with Crippen molar-refractivity contribution in [3.63, 3.8) is 0 Å². The van der Waals surface area contributed by atoms with Gasteiger partial charge in [-0.25, -0.2) is 0 Å². The highest BCUT2D eigenvalue weighted by atomic mass is 16.5. The van der Waals surface area contributed by atoms with Crippen molar-refractivity contribution in [2.45, 2.75) is 26.4 Å². The van der Waals surface area contributed by atoms with E-state index in [0.29, 0.717) is 18.2 Å². The Morgan fingerprint density at radius 1 is 1.30 bits per heavy atom. The summed E-state index contributed by atoms with van der Waals surface area (Å²) in [7, 11) is 0.